The van der Waals surface area contributed by atoms with Crippen LogP contribution in [0.25, 0.3) is 16.3 Å². The van der Waals surface area contributed by atoms with Gasteiger partial charge in [-0.05, 0) is 65.4 Å². The van der Waals surface area contributed by atoms with Crippen LogP contribution < -0.4 is 5.32 Å². The summed E-state index contributed by atoms with van der Waals surface area (Å²) >= 11 is 3.53. The van der Waals surface area contributed by atoms with Crippen molar-refractivity contribution in [3.8, 4) is 0 Å². The number of nitrogens with one attached hydrogen (secondary N) is 1. The molecule has 4 heteroatoms. The lowest BCUT2D eigenvalue weighted by Crippen LogP contribution is -2.22. The van der Waals surface area contributed by atoms with Crippen LogP contribution in [0.2, 0.25) is 0 Å². The minimum absolute atomic E-state index is 0.0752. The molecular formula is C25H22BrNO2. The molecule has 146 valence electrons. The number of carbonyl (C=O) groups excluding carboxylic acids is 1. The van der Waals surface area contributed by atoms with Crippen molar-refractivity contribution in [2.24, 2.45) is 5.92 Å². The van der Waals surface area contributed by atoms with E-state index in [4.69, 9.17) is 4.74 Å². The summed E-state index contributed by atoms with van der Waals surface area (Å²) in [6, 6.07) is 21.2. The molecule has 0 bridgehead atoms. The van der Waals surface area contributed by atoms with Crippen molar-refractivity contribution in [2.75, 3.05) is 11.9 Å². The molecule has 1 aliphatic carbocycles. The fourth-order valence-electron chi connectivity index (χ4n) is 4.78. The summed E-state index contributed by atoms with van der Waals surface area (Å²) in [5.41, 5.74) is 5.95. The van der Waals surface area contributed by atoms with Gasteiger partial charge in [-0.15, -0.1) is 0 Å². The third-order valence-electron chi connectivity index (χ3n) is 6.02. The van der Waals surface area contributed by atoms with Crippen LogP contribution in [0.15, 0.2) is 70.7 Å². The van der Waals surface area contributed by atoms with Crippen molar-refractivity contribution >= 4 is 43.9 Å². The summed E-state index contributed by atoms with van der Waals surface area (Å²) < 4.78 is 6.52. The van der Waals surface area contributed by atoms with Crippen LogP contribution >= 0.6 is 15.9 Å². The summed E-state index contributed by atoms with van der Waals surface area (Å²) in [5.74, 6) is -0.303. The maximum Gasteiger partial charge on any atom is 0.313 e. The van der Waals surface area contributed by atoms with Crippen molar-refractivity contribution in [2.45, 2.75) is 25.8 Å². The zero-order valence-electron chi connectivity index (χ0n) is 16.2. The van der Waals surface area contributed by atoms with Crippen molar-refractivity contribution in [1.29, 1.82) is 0 Å². The molecule has 2 unspecified atom stereocenters. The molecule has 1 heterocycles. The lowest BCUT2D eigenvalue weighted by molar-refractivity contribution is -0.145. The van der Waals surface area contributed by atoms with E-state index in [0.717, 1.165) is 23.0 Å². The van der Waals surface area contributed by atoms with Crippen LogP contribution in [0.5, 0.6) is 0 Å². The monoisotopic (exact) mass is 447 g/mol. The summed E-state index contributed by atoms with van der Waals surface area (Å²) in [6.45, 7) is 2.28. The molecule has 3 aromatic rings. The van der Waals surface area contributed by atoms with E-state index in [1.54, 1.807) is 0 Å². The van der Waals surface area contributed by atoms with Crippen LogP contribution in [-0.2, 0) is 9.53 Å². The predicted molar refractivity (Wildman–Crippen MR) is 121 cm³/mol. The summed E-state index contributed by atoms with van der Waals surface area (Å²) in [7, 11) is 0. The number of carbonyl (C=O) groups is 1. The number of anilines is 1. The number of fused-ring (bicyclic) bond motifs is 4. The topological polar surface area (TPSA) is 38.3 Å². The molecule has 0 amide bonds. The molecule has 29 heavy (non-hydrogen) atoms. The molecule has 3 nitrogen and oxygen atoms in total. The van der Waals surface area contributed by atoms with Gasteiger partial charge in [-0.3, -0.25) is 4.79 Å². The summed E-state index contributed by atoms with van der Waals surface area (Å²) in [6.07, 6.45) is 1.70. The molecule has 0 radical (unpaired) electrons. The molecule has 5 rings (SSSR count). The SMILES string of the molecule is CCOC(=O)C1CCC2=C1c1c(ccc3ccccc13)NC2c1ccc(Br)cc1. The van der Waals surface area contributed by atoms with Crippen LogP contribution in [0.3, 0.4) is 0 Å². The van der Waals surface area contributed by atoms with Crippen molar-refractivity contribution in [3.63, 3.8) is 0 Å². The zero-order chi connectivity index (χ0) is 20.0. The lowest BCUT2D eigenvalue weighted by Gasteiger charge is -2.32. The maximum atomic E-state index is 12.9. The first-order chi connectivity index (χ1) is 14.2. The number of esters is 1. The normalized spacial score (nSPS) is 20.2. The van der Waals surface area contributed by atoms with Crippen LogP contribution in [-0.4, -0.2) is 12.6 Å². The Hall–Kier alpha value is -2.59. The lowest BCUT2D eigenvalue weighted by atomic mass is 9.83. The number of ether oxygens (including phenoxy) is 1. The van der Waals surface area contributed by atoms with Crippen LogP contribution in [0.1, 0.15) is 36.9 Å². The molecule has 0 saturated heterocycles. The second-order valence-electron chi connectivity index (χ2n) is 7.62. The molecule has 0 fully saturated rings. The third-order valence-corrected chi connectivity index (χ3v) is 6.55. The van der Waals surface area contributed by atoms with E-state index in [-0.39, 0.29) is 17.9 Å². The van der Waals surface area contributed by atoms with Gasteiger partial charge in [0.25, 0.3) is 0 Å². The first kappa shape index (κ1) is 18.4. The van der Waals surface area contributed by atoms with E-state index in [9.17, 15) is 4.79 Å². The van der Waals surface area contributed by atoms with Crippen LogP contribution in [0.4, 0.5) is 5.69 Å². The zero-order valence-corrected chi connectivity index (χ0v) is 17.8. The minimum Gasteiger partial charge on any atom is -0.466 e. The first-order valence-corrected chi connectivity index (χ1v) is 10.9. The summed E-state index contributed by atoms with van der Waals surface area (Å²) in [4.78, 5) is 12.9. The molecule has 2 aliphatic rings. The van der Waals surface area contributed by atoms with E-state index in [0.29, 0.717) is 6.61 Å². The quantitative estimate of drug-likeness (QED) is 0.465. The molecular weight excluding hydrogens is 426 g/mol. The predicted octanol–water partition coefficient (Wildman–Crippen LogP) is 6.50. The fraction of sp³-hybridized carbons (Fsp3) is 0.240. The highest BCUT2D eigenvalue weighted by Crippen LogP contribution is 2.52. The van der Waals surface area contributed by atoms with Gasteiger partial charge < -0.3 is 10.1 Å². The molecule has 0 saturated carbocycles. The summed E-state index contributed by atoms with van der Waals surface area (Å²) in [5, 5.41) is 6.14. The Labute approximate surface area is 178 Å². The maximum absolute atomic E-state index is 12.9. The smallest absolute Gasteiger partial charge is 0.313 e. The fourth-order valence-corrected chi connectivity index (χ4v) is 5.04. The average molecular weight is 448 g/mol. The molecule has 0 spiro atoms. The Bertz CT molecular complexity index is 1130. The number of halogens is 1. The number of rotatable bonds is 3. The molecule has 2 atom stereocenters. The van der Waals surface area contributed by atoms with E-state index < -0.39 is 0 Å². The van der Waals surface area contributed by atoms with Crippen molar-refractivity contribution in [1.82, 2.24) is 0 Å². The second-order valence-corrected chi connectivity index (χ2v) is 8.54. The van der Waals surface area contributed by atoms with E-state index in [1.807, 2.05) is 6.92 Å². The Morgan fingerprint density at radius 2 is 1.90 bits per heavy atom. The second kappa shape index (κ2) is 7.34. The van der Waals surface area contributed by atoms with Gasteiger partial charge in [0.05, 0.1) is 18.6 Å². The Kier molecular flexibility index (Phi) is 4.67. The van der Waals surface area contributed by atoms with Gasteiger partial charge in [0.15, 0.2) is 0 Å². The largest absolute Gasteiger partial charge is 0.466 e. The third kappa shape index (κ3) is 3.06. The van der Waals surface area contributed by atoms with E-state index in [1.165, 1.54) is 33.0 Å². The van der Waals surface area contributed by atoms with Gasteiger partial charge in [-0.25, -0.2) is 0 Å². The standard InChI is InChI=1S/C25H22BrNO2/c1-2-29-25(28)20-13-12-19-22(20)23-18-6-4-3-5-15(18)9-14-21(23)27-24(19)16-7-10-17(26)11-8-16/h3-11,14,20,24,27H,2,12-13H2,1H3. The minimum atomic E-state index is -0.199. The van der Waals surface area contributed by atoms with Crippen molar-refractivity contribution < 1.29 is 9.53 Å². The number of hydrogen-bond donors (Lipinski definition) is 1. The molecule has 1 N–H and O–H groups in total. The highest BCUT2D eigenvalue weighted by atomic mass is 79.9. The first-order valence-electron chi connectivity index (χ1n) is 10.1. The highest BCUT2D eigenvalue weighted by Gasteiger charge is 2.40. The number of benzene rings is 3. The van der Waals surface area contributed by atoms with Gasteiger partial charge in [-0.2, -0.15) is 0 Å². The molecule has 3 aromatic carbocycles. The average Bonchev–Trinajstić information content (AvgIpc) is 3.19. The Morgan fingerprint density at radius 3 is 2.69 bits per heavy atom. The number of hydrogen-bond acceptors (Lipinski definition) is 3. The van der Waals surface area contributed by atoms with Gasteiger partial charge in [0.2, 0.25) is 0 Å². The highest BCUT2D eigenvalue weighted by molar-refractivity contribution is 9.10. The van der Waals surface area contributed by atoms with Gasteiger partial charge in [0, 0.05) is 15.7 Å². The molecule has 1 aliphatic heterocycles. The molecule has 0 aromatic heterocycles. The van der Waals surface area contributed by atoms with E-state index in [2.05, 4.69) is 81.9 Å². The Balaban J connectivity index is 1.73. The van der Waals surface area contributed by atoms with Crippen LogP contribution in [0, 0.1) is 5.92 Å². The van der Waals surface area contributed by atoms with Crippen molar-refractivity contribution in [3.05, 3.63) is 81.8 Å². The van der Waals surface area contributed by atoms with Gasteiger partial charge in [-0.1, -0.05) is 58.4 Å². The van der Waals surface area contributed by atoms with E-state index >= 15 is 0 Å². The Morgan fingerprint density at radius 1 is 1.10 bits per heavy atom. The van der Waals surface area contributed by atoms with Gasteiger partial charge >= 0.3 is 5.97 Å². The van der Waals surface area contributed by atoms with Gasteiger partial charge in [0.1, 0.15) is 0 Å².